The molecular weight excluding hydrogens is 281 g/mol. The van der Waals surface area contributed by atoms with Crippen LogP contribution in [0.2, 0.25) is 5.02 Å². The Hall–Kier alpha value is -2.09. The smallest absolute Gasteiger partial charge is 0.144 e. The summed E-state index contributed by atoms with van der Waals surface area (Å²) in [6.07, 6.45) is -0.868. The summed E-state index contributed by atoms with van der Waals surface area (Å²) in [5.74, 6) is -0.398. The third kappa shape index (κ3) is 3.47. The number of aliphatic hydroxyl groups excluding tert-OH is 1. The monoisotopic (exact) mass is 291 g/mol. The van der Waals surface area contributed by atoms with Gasteiger partial charge in [0.15, 0.2) is 0 Å². The zero-order valence-electron chi connectivity index (χ0n) is 10.4. The van der Waals surface area contributed by atoms with E-state index in [-0.39, 0.29) is 17.9 Å². The highest BCUT2D eigenvalue weighted by molar-refractivity contribution is 6.30. The van der Waals surface area contributed by atoms with Crippen LogP contribution in [0.15, 0.2) is 42.5 Å². The van der Waals surface area contributed by atoms with E-state index in [2.05, 4.69) is 0 Å². The lowest BCUT2D eigenvalue weighted by molar-refractivity contribution is 0.108. The van der Waals surface area contributed by atoms with Gasteiger partial charge in [-0.05, 0) is 29.8 Å². The van der Waals surface area contributed by atoms with Crippen LogP contribution < -0.4 is 4.74 Å². The molecule has 20 heavy (non-hydrogen) atoms. The number of nitrogens with zero attached hydrogens (tertiary/aromatic N) is 1. The molecule has 0 aliphatic heterocycles. The van der Waals surface area contributed by atoms with E-state index in [9.17, 15) is 9.50 Å². The highest BCUT2D eigenvalue weighted by Gasteiger charge is 2.10. The molecule has 0 saturated heterocycles. The van der Waals surface area contributed by atoms with E-state index in [1.807, 2.05) is 0 Å². The Labute approximate surface area is 120 Å². The lowest BCUT2D eigenvalue weighted by atomic mass is 10.1. The first-order chi connectivity index (χ1) is 9.60. The molecule has 0 saturated carbocycles. The molecule has 2 rings (SSSR count). The third-order valence-electron chi connectivity index (χ3n) is 2.70. The van der Waals surface area contributed by atoms with Crippen molar-refractivity contribution < 1.29 is 14.2 Å². The number of hydrogen-bond donors (Lipinski definition) is 1. The van der Waals surface area contributed by atoms with E-state index in [0.29, 0.717) is 10.6 Å². The summed E-state index contributed by atoms with van der Waals surface area (Å²) in [4.78, 5) is 0. The SMILES string of the molecule is N#Cc1ccc(OCC(O)c2cccc(Cl)c2)cc1F. The summed E-state index contributed by atoms with van der Waals surface area (Å²) in [5.41, 5.74) is 0.569. The number of hydrogen-bond acceptors (Lipinski definition) is 3. The molecule has 1 atom stereocenters. The average Bonchev–Trinajstić information content (AvgIpc) is 2.45. The maximum absolute atomic E-state index is 13.4. The molecule has 1 unspecified atom stereocenters. The zero-order chi connectivity index (χ0) is 14.5. The predicted molar refractivity (Wildman–Crippen MR) is 73.0 cm³/mol. The summed E-state index contributed by atoms with van der Waals surface area (Å²) in [7, 11) is 0. The van der Waals surface area contributed by atoms with Gasteiger partial charge < -0.3 is 9.84 Å². The molecule has 5 heteroatoms. The lowest BCUT2D eigenvalue weighted by Crippen LogP contribution is -2.09. The van der Waals surface area contributed by atoms with E-state index in [0.717, 1.165) is 6.07 Å². The second-order valence-corrected chi connectivity index (χ2v) is 4.57. The average molecular weight is 292 g/mol. The van der Waals surface area contributed by atoms with Crippen molar-refractivity contribution in [2.45, 2.75) is 6.10 Å². The van der Waals surface area contributed by atoms with Crippen LogP contribution in [0, 0.1) is 17.1 Å². The summed E-state index contributed by atoms with van der Waals surface area (Å²) >= 11 is 5.83. The third-order valence-corrected chi connectivity index (χ3v) is 2.94. The standard InChI is InChI=1S/C15H11ClFNO2/c16-12-3-1-2-10(6-12)15(19)9-20-13-5-4-11(8-18)14(17)7-13/h1-7,15,19H,9H2. The van der Waals surface area contributed by atoms with Crippen molar-refractivity contribution in [3.8, 4) is 11.8 Å². The minimum absolute atomic E-state index is 0.0360. The number of rotatable bonds is 4. The second kappa shape index (κ2) is 6.38. The molecule has 0 aromatic heterocycles. The van der Waals surface area contributed by atoms with Gasteiger partial charge in [-0.25, -0.2) is 4.39 Å². The highest BCUT2D eigenvalue weighted by atomic mass is 35.5. The predicted octanol–water partition coefficient (Wildman–Crippen LogP) is 3.46. The van der Waals surface area contributed by atoms with E-state index in [1.54, 1.807) is 30.3 Å². The fourth-order valence-corrected chi connectivity index (χ4v) is 1.86. The van der Waals surface area contributed by atoms with E-state index >= 15 is 0 Å². The fraction of sp³-hybridized carbons (Fsp3) is 0.133. The van der Waals surface area contributed by atoms with Crippen LogP contribution in [0.25, 0.3) is 0 Å². The minimum atomic E-state index is -0.868. The zero-order valence-corrected chi connectivity index (χ0v) is 11.1. The largest absolute Gasteiger partial charge is 0.490 e. The first-order valence-corrected chi connectivity index (χ1v) is 6.24. The molecule has 2 aromatic rings. The first kappa shape index (κ1) is 14.3. The van der Waals surface area contributed by atoms with Gasteiger partial charge in [0.2, 0.25) is 0 Å². The van der Waals surface area contributed by atoms with Crippen molar-refractivity contribution in [2.24, 2.45) is 0 Å². The van der Waals surface area contributed by atoms with Crippen LogP contribution in [-0.4, -0.2) is 11.7 Å². The van der Waals surface area contributed by atoms with Gasteiger partial charge in [0, 0.05) is 11.1 Å². The van der Waals surface area contributed by atoms with Gasteiger partial charge in [0.1, 0.15) is 30.3 Å². The molecule has 0 amide bonds. The van der Waals surface area contributed by atoms with Crippen molar-refractivity contribution in [2.75, 3.05) is 6.61 Å². The first-order valence-electron chi connectivity index (χ1n) is 5.86. The van der Waals surface area contributed by atoms with Crippen molar-refractivity contribution in [1.29, 1.82) is 5.26 Å². The number of halogens is 2. The second-order valence-electron chi connectivity index (χ2n) is 4.14. The minimum Gasteiger partial charge on any atom is -0.490 e. The van der Waals surface area contributed by atoms with E-state index < -0.39 is 11.9 Å². The Bertz CT molecular complexity index is 655. The summed E-state index contributed by atoms with van der Waals surface area (Å²) in [6.45, 7) is -0.0360. The van der Waals surface area contributed by atoms with Crippen molar-refractivity contribution in [3.05, 3.63) is 64.4 Å². The summed E-state index contributed by atoms with van der Waals surface area (Å²) in [5, 5.41) is 19.1. The fourth-order valence-electron chi connectivity index (χ4n) is 1.66. The van der Waals surface area contributed by atoms with E-state index in [1.165, 1.54) is 12.1 Å². The highest BCUT2D eigenvalue weighted by Crippen LogP contribution is 2.21. The molecule has 2 aromatic carbocycles. The van der Waals surface area contributed by atoms with Crippen LogP contribution in [0.1, 0.15) is 17.2 Å². The molecule has 3 nitrogen and oxygen atoms in total. The van der Waals surface area contributed by atoms with Gasteiger partial charge in [-0.15, -0.1) is 0 Å². The Morgan fingerprint density at radius 2 is 2.10 bits per heavy atom. The van der Waals surface area contributed by atoms with E-state index in [4.69, 9.17) is 21.6 Å². The topological polar surface area (TPSA) is 53.2 Å². The normalized spacial score (nSPS) is 11.7. The molecule has 1 N–H and O–H groups in total. The molecule has 0 aliphatic carbocycles. The van der Waals surface area contributed by atoms with Gasteiger partial charge in [-0.3, -0.25) is 0 Å². The van der Waals surface area contributed by atoms with Crippen molar-refractivity contribution in [3.63, 3.8) is 0 Å². The molecule has 0 spiro atoms. The molecule has 0 heterocycles. The Morgan fingerprint density at radius 3 is 2.75 bits per heavy atom. The maximum Gasteiger partial charge on any atom is 0.144 e. The Morgan fingerprint density at radius 1 is 1.30 bits per heavy atom. The van der Waals surface area contributed by atoms with Gasteiger partial charge in [-0.2, -0.15) is 5.26 Å². The molecule has 0 bridgehead atoms. The van der Waals surface area contributed by atoms with Gasteiger partial charge in [0.05, 0.1) is 5.56 Å². The molecule has 0 fully saturated rings. The molecule has 0 aliphatic rings. The maximum atomic E-state index is 13.4. The number of benzene rings is 2. The number of nitriles is 1. The van der Waals surface area contributed by atoms with Crippen LogP contribution >= 0.6 is 11.6 Å². The lowest BCUT2D eigenvalue weighted by Gasteiger charge is -2.13. The Kier molecular flexibility index (Phi) is 4.57. The van der Waals surface area contributed by atoms with Crippen LogP contribution in [0.3, 0.4) is 0 Å². The molecular formula is C15H11ClFNO2. The van der Waals surface area contributed by atoms with Gasteiger partial charge >= 0.3 is 0 Å². The van der Waals surface area contributed by atoms with Gasteiger partial charge in [0.25, 0.3) is 0 Å². The summed E-state index contributed by atoms with van der Waals surface area (Å²) in [6, 6.07) is 12.4. The van der Waals surface area contributed by atoms with Crippen LogP contribution in [0.4, 0.5) is 4.39 Å². The van der Waals surface area contributed by atoms with Crippen LogP contribution in [-0.2, 0) is 0 Å². The van der Waals surface area contributed by atoms with Crippen molar-refractivity contribution in [1.82, 2.24) is 0 Å². The Balaban J connectivity index is 2.02. The number of aliphatic hydroxyl groups is 1. The number of ether oxygens (including phenoxy) is 1. The van der Waals surface area contributed by atoms with Crippen molar-refractivity contribution >= 4 is 11.6 Å². The molecule has 0 radical (unpaired) electrons. The quantitative estimate of drug-likeness (QED) is 0.938. The van der Waals surface area contributed by atoms with Crippen LogP contribution in [0.5, 0.6) is 5.75 Å². The summed E-state index contributed by atoms with van der Waals surface area (Å²) < 4.78 is 18.7. The molecule has 102 valence electrons. The van der Waals surface area contributed by atoms with Gasteiger partial charge in [-0.1, -0.05) is 23.7 Å².